The zero-order valence-corrected chi connectivity index (χ0v) is 13.3. The first-order chi connectivity index (χ1) is 10.1. The molecule has 0 amide bonds. The van der Waals surface area contributed by atoms with Gasteiger partial charge in [-0.1, -0.05) is 22.0 Å². The first-order valence-corrected chi connectivity index (χ1v) is 7.35. The van der Waals surface area contributed by atoms with Gasteiger partial charge in [0, 0.05) is 32.7 Å². The fraction of sp³-hybridized carbons (Fsp3) is 0.118. The van der Waals surface area contributed by atoms with Crippen LogP contribution in [0.3, 0.4) is 0 Å². The lowest BCUT2D eigenvalue weighted by atomic mass is 10.0. The molecule has 3 aromatic rings. The highest BCUT2D eigenvalue weighted by Crippen LogP contribution is 2.28. The van der Waals surface area contributed by atoms with Crippen LogP contribution in [0.15, 0.2) is 47.1 Å². The van der Waals surface area contributed by atoms with Gasteiger partial charge < -0.3 is 9.72 Å². The third kappa shape index (κ3) is 2.47. The van der Waals surface area contributed by atoms with Crippen molar-refractivity contribution in [3.8, 4) is 5.75 Å². The number of halogens is 1. The Bertz CT molecular complexity index is 836. The molecule has 0 radical (unpaired) electrons. The Morgan fingerprint density at radius 1 is 1.14 bits per heavy atom. The Morgan fingerprint density at radius 2 is 1.95 bits per heavy atom. The number of ketones is 1. The predicted molar refractivity (Wildman–Crippen MR) is 87.2 cm³/mol. The standard InChI is InChI=1S/C17H14BrNO2/c1-10-3-5-12(15(18)7-10)17(20)14-9-19-16-6-4-11(21-2)8-13(14)16/h3-9,19H,1-2H3. The highest BCUT2D eigenvalue weighted by Gasteiger charge is 2.17. The molecule has 2 aromatic carbocycles. The zero-order chi connectivity index (χ0) is 15.0. The number of aromatic amines is 1. The van der Waals surface area contributed by atoms with Gasteiger partial charge >= 0.3 is 0 Å². The van der Waals surface area contributed by atoms with Crippen LogP contribution < -0.4 is 4.74 Å². The fourth-order valence-corrected chi connectivity index (χ4v) is 3.04. The van der Waals surface area contributed by atoms with Gasteiger partial charge in [0.25, 0.3) is 0 Å². The number of benzene rings is 2. The van der Waals surface area contributed by atoms with Crippen molar-refractivity contribution < 1.29 is 9.53 Å². The largest absolute Gasteiger partial charge is 0.497 e. The minimum absolute atomic E-state index is 0.0126. The number of aryl methyl sites for hydroxylation is 1. The van der Waals surface area contributed by atoms with Crippen molar-refractivity contribution in [1.82, 2.24) is 4.98 Å². The molecular formula is C17H14BrNO2. The van der Waals surface area contributed by atoms with E-state index in [-0.39, 0.29) is 5.78 Å². The number of hydrogen-bond acceptors (Lipinski definition) is 2. The molecule has 106 valence electrons. The van der Waals surface area contributed by atoms with Gasteiger partial charge in [-0.15, -0.1) is 0 Å². The smallest absolute Gasteiger partial charge is 0.196 e. The fourth-order valence-electron chi connectivity index (χ4n) is 2.36. The van der Waals surface area contributed by atoms with Gasteiger partial charge in [-0.2, -0.15) is 0 Å². The summed E-state index contributed by atoms with van der Waals surface area (Å²) in [4.78, 5) is 15.9. The molecule has 0 aliphatic heterocycles. The zero-order valence-electron chi connectivity index (χ0n) is 11.7. The second-order valence-electron chi connectivity index (χ2n) is 4.93. The van der Waals surface area contributed by atoms with E-state index in [0.29, 0.717) is 11.1 Å². The molecule has 3 rings (SSSR count). The molecule has 4 heteroatoms. The number of rotatable bonds is 3. The van der Waals surface area contributed by atoms with Gasteiger partial charge in [0.1, 0.15) is 5.75 Å². The Balaban J connectivity index is 2.13. The minimum atomic E-state index is -0.0126. The van der Waals surface area contributed by atoms with Crippen LogP contribution in [-0.4, -0.2) is 17.9 Å². The van der Waals surface area contributed by atoms with E-state index in [0.717, 1.165) is 26.7 Å². The maximum Gasteiger partial charge on any atom is 0.196 e. The summed E-state index contributed by atoms with van der Waals surface area (Å²) in [6, 6.07) is 11.4. The van der Waals surface area contributed by atoms with Gasteiger partial charge in [0.05, 0.1) is 7.11 Å². The highest BCUT2D eigenvalue weighted by atomic mass is 79.9. The number of fused-ring (bicyclic) bond motifs is 1. The van der Waals surface area contributed by atoms with Crippen LogP contribution in [0.1, 0.15) is 21.5 Å². The van der Waals surface area contributed by atoms with Crippen LogP contribution in [0, 0.1) is 6.92 Å². The summed E-state index contributed by atoms with van der Waals surface area (Å²) in [5.74, 6) is 0.723. The number of nitrogens with one attached hydrogen (secondary N) is 1. The first kappa shape index (κ1) is 13.9. The van der Waals surface area contributed by atoms with Crippen LogP contribution >= 0.6 is 15.9 Å². The lowest BCUT2D eigenvalue weighted by Gasteiger charge is -2.05. The molecule has 1 N–H and O–H groups in total. The van der Waals surface area contributed by atoms with E-state index in [1.54, 1.807) is 13.3 Å². The van der Waals surface area contributed by atoms with Gasteiger partial charge in [-0.05, 0) is 42.8 Å². The van der Waals surface area contributed by atoms with Crippen molar-refractivity contribution in [2.24, 2.45) is 0 Å². The molecule has 1 aromatic heterocycles. The van der Waals surface area contributed by atoms with E-state index >= 15 is 0 Å². The van der Waals surface area contributed by atoms with Crippen LogP contribution in [0.2, 0.25) is 0 Å². The number of carbonyl (C=O) groups excluding carboxylic acids is 1. The average Bonchev–Trinajstić information content (AvgIpc) is 2.89. The van der Waals surface area contributed by atoms with Gasteiger partial charge in [0.15, 0.2) is 5.78 Å². The summed E-state index contributed by atoms with van der Waals surface area (Å²) in [6.45, 7) is 2.00. The van der Waals surface area contributed by atoms with Crippen molar-refractivity contribution in [3.63, 3.8) is 0 Å². The number of methoxy groups -OCH3 is 1. The third-order valence-electron chi connectivity index (χ3n) is 3.50. The van der Waals surface area contributed by atoms with E-state index in [1.165, 1.54) is 0 Å². The van der Waals surface area contributed by atoms with Crippen LogP contribution in [0.4, 0.5) is 0 Å². The molecular weight excluding hydrogens is 330 g/mol. The number of H-pyrrole nitrogens is 1. The quantitative estimate of drug-likeness (QED) is 0.712. The van der Waals surface area contributed by atoms with Crippen LogP contribution in [0.25, 0.3) is 10.9 Å². The highest BCUT2D eigenvalue weighted by molar-refractivity contribution is 9.10. The molecule has 1 heterocycles. The molecule has 21 heavy (non-hydrogen) atoms. The number of aromatic nitrogens is 1. The first-order valence-electron chi connectivity index (χ1n) is 6.56. The summed E-state index contributed by atoms with van der Waals surface area (Å²) >= 11 is 3.47. The van der Waals surface area contributed by atoms with Gasteiger partial charge in [-0.3, -0.25) is 4.79 Å². The Hall–Kier alpha value is -2.07. The summed E-state index contributed by atoms with van der Waals surface area (Å²) in [5.41, 5.74) is 3.33. The second kappa shape index (κ2) is 5.37. The average molecular weight is 344 g/mol. The molecule has 3 nitrogen and oxygen atoms in total. The maximum atomic E-state index is 12.8. The Kier molecular flexibility index (Phi) is 3.55. The number of carbonyl (C=O) groups is 1. The summed E-state index contributed by atoms with van der Waals surface area (Å²) in [6.07, 6.45) is 1.75. The van der Waals surface area contributed by atoms with Crippen molar-refractivity contribution in [2.45, 2.75) is 6.92 Å². The number of ether oxygens (including phenoxy) is 1. The number of hydrogen-bond donors (Lipinski definition) is 1. The molecule has 0 saturated heterocycles. The van der Waals surface area contributed by atoms with Crippen molar-refractivity contribution in [1.29, 1.82) is 0 Å². The van der Waals surface area contributed by atoms with Crippen molar-refractivity contribution >= 4 is 32.6 Å². The Labute approximate surface area is 131 Å². The summed E-state index contributed by atoms with van der Waals surface area (Å²) in [7, 11) is 1.62. The molecule has 0 bridgehead atoms. The molecule has 0 aliphatic carbocycles. The molecule has 0 spiro atoms. The minimum Gasteiger partial charge on any atom is -0.497 e. The van der Waals surface area contributed by atoms with E-state index in [1.807, 2.05) is 43.3 Å². The third-order valence-corrected chi connectivity index (χ3v) is 4.16. The molecule has 0 saturated carbocycles. The monoisotopic (exact) mass is 343 g/mol. The lowest BCUT2D eigenvalue weighted by Crippen LogP contribution is -2.01. The van der Waals surface area contributed by atoms with Crippen molar-refractivity contribution in [3.05, 3.63) is 63.8 Å². The lowest BCUT2D eigenvalue weighted by molar-refractivity contribution is 0.103. The normalized spacial score (nSPS) is 10.8. The molecule has 0 atom stereocenters. The van der Waals surface area contributed by atoms with Crippen molar-refractivity contribution in [2.75, 3.05) is 7.11 Å². The second-order valence-corrected chi connectivity index (χ2v) is 5.78. The van der Waals surface area contributed by atoms with Gasteiger partial charge in [0.2, 0.25) is 0 Å². The van der Waals surface area contributed by atoms with E-state index in [4.69, 9.17) is 4.74 Å². The molecule has 0 unspecified atom stereocenters. The summed E-state index contributed by atoms with van der Waals surface area (Å²) in [5, 5.41) is 0.867. The molecule has 0 fully saturated rings. The Morgan fingerprint density at radius 3 is 2.67 bits per heavy atom. The summed E-state index contributed by atoms with van der Waals surface area (Å²) < 4.78 is 6.05. The van der Waals surface area contributed by atoms with E-state index in [9.17, 15) is 4.79 Å². The van der Waals surface area contributed by atoms with E-state index < -0.39 is 0 Å². The van der Waals surface area contributed by atoms with E-state index in [2.05, 4.69) is 20.9 Å². The van der Waals surface area contributed by atoms with Crippen LogP contribution in [-0.2, 0) is 0 Å². The maximum absolute atomic E-state index is 12.8. The predicted octanol–water partition coefficient (Wildman–Crippen LogP) is 4.48. The van der Waals surface area contributed by atoms with Gasteiger partial charge in [-0.25, -0.2) is 0 Å². The topological polar surface area (TPSA) is 42.1 Å². The molecule has 0 aliphatic rings. The SMILES string of the molecule is COc1ccc2[nH]cc(C(=O)c3ccc(C)cc3Br)c2c1. The van der Waals surface area contributed by atoms with Crippen LogP contribution in [0.5, 0.6) is 5.75 Å².